The fourth-order valence-corrected chi connectivity index (χ4v) is 3.57. The molecular weight excluding hydrogens is 406 g/mol. The molecule has 1 saturated heterocycles. The van der Waals surface area contributed by atoms with Crippen molar-refractivity contribution in [3.63, 3.8) is 0 Å². The Balaban J connectivity index is 1.34. The van der Waals surface area contributed by atoms with Crippen molar-refractivity contribution in [3.8, 4) is 0 Å². The van der Waals surface area contributed by atoms with Crippen LogP contribution in [0.5, 0.6) is 0 Å². The highest BCUT2D eigenvalue weighted by Gasteiger charge is 2.11. The van der Waals surface area contributed by atoms with E-state index in [4.69, 9.17) is 10.5 Å². The summed E-state index contributed by atoms with van der Waals surface area (Å²) in [5.74, 6) is -0.109. The second-order valence-electron chi connectivity index (χ2n) is 7.63. The Bertz CT molecular complexity index is 1160. The summed E-state index contributed by atoms with van der Waals surface area (Å²) < 4.78 is 5.33. The van der Waals surface area contributed by atoms with Gasteiger partial charge < -0.3 is 26.1 Å². The maximum absolute atomic E-state index is 12.3. The largest absolute Gasteiger partial charge is 0.397 e. The van der Waals surface area contributed by atoms with Crippen molar-refractivity contribution in [2.24, 2.45) is 5.73 Å². The summed E-state index contributed by atoms with van der Waals surface area (Å²) in [6.07, 6.45) is 1.58. The Morgan fingerprint density at radius 1 is 1.12 bits per heavy atom. The van der Waals surface area contributed by atoms with Gasteiger partial charge in [0.15, 0.2) is 0 Å². The number of carbonyl (C=O) groups excluding carboxylic acids is 1. The maximum Gasteiger partial charge on any atom is 0.257 e. The van der Waals surface area contributed by atoms with Crippen molar-refractivity contribution in [1.29, 1.82) is 0 Å². The van der Waals surface area contributed by atoms with Gasteiger partial charge in [0.25, 0.3) is 11.5 Å². The molecule has 0 bridgehead atoms. The second-order valence-corrected chi connectivity index (χ2v) is 7.63. The minimum absolute atomic E-state index is 0.109. The van der Waals surface area contributed by atoms with E-state index in [1.165, 1.54) is 0 Å². The van der Waals surface area contributed by atoms with Crippen molar-refractivity contribution < 1.29 is 9.53 Å². The lowest BCUT2D eigenvalue weighted by Crippen LogP contribution is -2.41. The van der Waals surface area contributed by atoms with Gasteiger partial charge in [-0.3, -0.25) is 14.5 Å². The molecule has 0 spiro atoms. The first kappa shape index (κ1) is 21.6. The average molecular weight is 434 g/mol. The van der Waals surface area contributed by atoms with Crippen LogP contribution >= 0.6 is 0 Å². The van der Waals surface area contributed by atoms with Crippen LogP contribution in [0.2, 0.25) is 0 Å². The Morgan fingerprint density at radius 3 is 2.66 bits per heavy atom. The number of amides is 1. The summed E-state index contributed by atoms with van der Waals surface area (Å²) in [5, 5.41) is 6.93. The van der Waals surface area contributed by atoms with Crippen molar-refractivity contribution in [3.05, 3.63) is 82.3 Å². The van der Waals surface area contributed by atoms with Crippen LogP contribution < -0.4 is 21.9 Å². The number of aromatic nitrogens is 1. The summed E-state index contributed by atoms with van der Waals surface area (Å²) in [6.45, 7) is 4.70. The standard InChI is InChI=1S/C24H27N5O3/c25-21(20-15-18-3-1-2-4-22(18)28-24(20)31)16-27-19-7-5-17(6-8-19)23(30)26-9-10-29-11-13-32-14-12-29/h1-8,15-16,27H,9-14,25H2,(H,26,30)(H,28,31)/b21-16-. The maximum atomic E-state index is 12.3. The van der Waals surface area contributed by atoms with Gasteiger partial charge in [-0.1, -0.05) is 18.2 Å². The minimum atomic E-state index is -0.247. The molecule has 8 heteroatoms. The van der Waals surface area contributed by atoms with E-state index in [1.807, 2.05) is 24.3 Å². The molecule has 0 aliphatic carbocycles. The van der Waals surface area contributed by atoms with E-state index >= 15 is 0 Å². The number of carbonyl (C=O) groups is 1. The fraction of sp³-hybridized carbons (Fsp3) is 0.250. The van der Waals surface area contributed by atoms with E-state index < -0.39 is 0 Å². The number of benzene rings is 2. The molecule has 1 aromatic heterocycles. The zero-order valence-corrected chi connectivity index (χ0v) is 17.8. The van der Waals surface area contributed by atoms with Crippen LogP contribution in [0.3, 0.4) is 0 Å². The van der Waals surface area contributed by atoms with E-state index in [2.05, 4.69) is 20.5 Å². The van der Waals surface area contributed by atoms with Crippen molar-refractivity contribution in [2.75, 3.05) is 44.7 Å². The molecule has 4 rings (SSSR count). The number of nitrogens with zero attached hydrogens (tertiary/aromatic N) is 1. The average Bonchev–Trinajstić information content (AvgIpc) is 2.83. The van der Waals surface area contributed by atoms with Gasteiger partial charge in [0.2, 0.25) is 0 Å². The number of anilines is 1. The van der Waals surface area contributed by atoms with E-state index in [9.17, 15) is 9.59 Å². The van der Waals surface area contributed by atoms with Gasteiger partial charge in [-0.25, -0.2) is 0 Å². The number of ether oxygens (including phenoxy) is 1. The molecule has 1 fully saturated rings. The SMILES string of the molecule is N/C(=C\Nc1ccc(C(=O)NCCN2CCOCC2)cc1)c1cc2ccccc2[nH]c1=O. The molecule has 2 aromatic carbocycles. The van der Waals surface area contributed by atoms with Gasteiger partial charge in [-0.15, -0.1) is 0 Å². The third-order valence-electron chi connectivity index (χ3n) is 5.42. The summed E-state index contributed by atoms with van der Waals surface area (Å²) in [7, 11) is 0. The molecule has 1 amide bonds. The number of rotatable bonds is 7. The zero-order chi connectivity index (χ0) is 22.3. The molecule has 3 aromatic rings. The molecule has 32 heavy (non-hydrogen) atoms. The number of pyridine rings is 1. The highest BCUT2D eigenvalue weighted by atomic mass is 16.5. The Morgan fingerprint density at radius 2 is 1.88 bits per heavy atom. The van der Waals surface area contributed by atoms with E-state index in [1.54, 1.807) is 36.5 Å². The second kappa shape index (κ2) is 10.1. The fourth-order valence-electron chi connectivity index (χ4n) is 3.57. The lowest BCUT2D eigenvalue weighted by Gasteiger charge is -2.26. The summed E-state index contributed by atoms with van der Waals surface area (Å²) in [6, 6.07) is 16.4. The van der Waals surface area contributed by atoms with Gasteiger partial charge in [0.1, 0.15) is 0 Å². The third kappa shape index (κ3) is 5.35. The first-order valence-electron chi connectivity index (χ1n) is 10.6. The molecule has 0 atom stereocenters. The topological polar surface area (TPSA) is 112 Å². The predicted molar refractivity (Wildman–Crippen MR) is 126 cm³/mol. The first-order chi connectivity index (χ1) is 15.6. The number of H-pyrrole nitrogens is 1. The van der Waals surface area contributed by atoms with E-state index in [0.717, 1.165) is 49.4 Å². The van der Waals surface area contributed by atoms with Crippen LogP contribution in [0, 0.1) is 0 Å². The molecule has 166 valence electrons. The smallest absolute Gasteiger partial charge is 0.257 e. The summed E-state index contributed by atoms with van der Waals surface area (Å²) in [4.78, 5) is 29.8. The van der Waals surface area contributed by atoms with Crippen molar-refractivity contribution >= 4 is 28.2 Å². The number of fused-ring (bicyclic) bond motifs is 1. The summed E-state index contributed by atoms with van der Waals surface area (Å²) in [5.41, 5.74) is 8.71. The van der Waals surface area contributed by atoms with Crippen LogP contribution in [0.15, 0.2) is 65.6 Å². The first-order valence-corrected chi connectivity index (χ1v) is 10.6. The zero-order valence-electron chi connectivity index (χ0n) is 17.8. The molecule has 0 saturated carbocycles. The van der Waals surface area contributed by atoms with Crippen LogP contribution in [0.4, 0.5) is 5.69 Å². The van der Waals surface area contributed by atoms with E-state index in [-0.39, 0.29) is 11.5 Å². The molecule has 0 unspecified atom stereocenters. The quantitative estimate of drug-likeness (QED) is 0.453. The van der Waals surface area contributed by atoms with Gasteiger partial charge in [-0.2, -0.15) is 0 Å². The molecular formula is C24H27N5O3. The molecule has 1 aliphatic rings. The number of hydrogen-bond acceptors (Lipinski definition) is 6. The molecule has 5 N–H and O–H groups in total. The number of aromatic amines is 1. The van der Waals surface area contributed by atoms with Crippen LogP contribution in [-0.4, -0.2) is 55.2 Å². The molecule has 2 heterocycles. The lowest BCUT2D eigenvalue weighted by molar-refractivity contribution is 0.0383. The third-order valence-corrected chi connectivity index (χ3v) is 5.42. The number of nitrogens with one attached hydrogen (secondary N) is 3. The van der Waals surface area contributed by atoms with Gasteiger partial charge in [0, 0.05) is 49.1 Å². The van der Waals surface area contributed by atoms with E-state index in [0.29, 0.717) is 23.4 Å². The summed E-state index contributed by atoms with van der Waals surface area (Å²) >= 11 is 0. The normalized spacial score (nSPS) is 14.9. The van der Waals surface area contributed by atoms with Gasteiger partial charge in [0.05, 0.1) is 24.5 Å². The number of nitrogens with two attached hydrogens (primary N) is 1. The number of morpholine rings is 1. The Hall–Kier alpha value is -3.62. The highest BCUT2D eigenvalue weighted by molar-refractivity contribution is 5.94. The molecule has 1 aliphatic heterocycles. The minimum Gasteiger partial charge on any atom is -0.397 e. The molecule has 8 nitrogen and oxygen atoms in total. The lowest BCUT2D eigenvalue weighted by atomic mass is 10.1. The number of para-hydroxylation sites is 1. The Labute approximate surface area is 186 Å². The predicted octanol–water partition coefficient (Wildman–Crippen LogP) is 1.96. The van der Waals surface area contributed by atoms with Gasteiger partial charge >= 0.3 is 0 Å². The molecule has 0 radical (unpaired) electrons. The van der Waals surface area contributed by atoms with Crippen LogP contribution in [0.25, 0.3) is 16.6 Å². The van der Waals surface area contributed by atoms with Crippen molar-refractivity contribution in [2.45, 2.75) is 0 Å². The number of hydrogen-bond donors (Lipinski definition) is 4. The van der Waals surface area contributed by atoms with Gasteiger partial charge in [-0.05, 0) is 41.8 Å². The Kier molecular flexibility index (Phi) is 6.84. The van der Waals surface area contributed by atoms with Crippen LogP contribution in [0.1, 0.15) is 15.9 Å². The highest BCUT2D eigenvalue weighted by Crippen LogP contribution is 2.15. The monoisotopic (exact) mass is 433 g/mol. The van der Waals surface area contributed by atoms with Crippen LogP contribution in [-0.2, 0) is 4.74 Å². The van der Waals surface area contributed by atoms with Crippen molar-refractivity contribution in [1.82, 2.24) is 15.2 Å².